The maximum absolute atomic E-state index is 9.26. The first kappa shape index (κ1) is 7.36. The zero-order valence-corrected chi connectivity index (χ0v) is 4.23. The van der Waals surface area contributed by atoms with Crippen molar-refractivity contribution >= 4 is 12.2 Å². The van der Waals surface area contributed by atoms with E-state index in [1.54, 1.807) is 0 Å². The van der Waals surface area contributed by atoms with Crippen molar-refractivity contribution in [3.05, 3.63) is 0 Å². The molecule has 0 aromatic rings. The lowest BCUT2D eigenvalue weighted by molar-refractivity contribution is -0.0504. The molecular weight excluding hydrogens is 128 g/mol. The zero-order valence-electron chi connectivity index (χ0n) is 4.23. The van der Waals surface area contributed by atoms with Gasteiger partial charge >= 0.3 is 0 Å². The van der Waals surface area contributed by atoms with Crippen molar-refractivity contribution in [3.63, 3.8) is 0 Å². The van der Waals surface area contributed by atoms with Crippen LogP contribution in [0.2, 0.25) is 0 Å². The number of hydrogen-bond acceptors (Lipinski definition) is 6. The van der Waals surface area contributed by atoms with Gasteiger partial charge in [-0.3, -0.25) is 0 Å². The van der Waals surface area contributed by atoms with Gasteiger partial charge in [0, 0.05) is 10.3 Å². The summed E-state index contributed by atoms with van der Waals surface area (Å²) in [6.45, 7) is -0.398. The van der Waals surface area contributed by atoms with Crippen LogP contribution in [0.1, 0.15) is 0 Å². The van der Waals surface area contributed by atoms with Gasteiger partial charge < -0.3 is 9.68 Å². The largest absolute Gasteiger partial charge is 0.341 e. The second-order valence-electron chi connectivity index (χ2n) is 0.741. The first-order valence-corrected chi connectivity index (χ1v) is 1.80. The van der Waals surface area contributed by atoms with E-state index < -0.39 is 6.79 Å². The molecule has 0 fully saturated rings. The van der Waals surface area contributed by atoms with Crippen LogP contribution in [-0.4, -0.2) is 19.0 Å². The minimum atomic E-state index is -0.398. The fraction of sp³-hybridized carbons (Fsp3) is 0.333. The van der Waals surface area contributed by atoms with E-state index >= 15 is 0 Å². The van der Waals surface area contributed by atoms with Crippen LogP contribution in [0.5, 0.6) is 0 Å². The van der Waals surface area contributed by atoms with Gasteiger partial charge in [-0.05, 0) is 0 Å². The Labute approximate surface area is 49.7 Å². The molecule has 0 aliphatic carbocycles. The molecule has 0 aliphatic heterocycles. The number of rotatable bonds is 4. The van der Waals surface area contributed by atoms with Crippen LogP contribution in [0.4, 0.5) is 0 Å². The molecule has 6 heteroatoms. The molecule has 0 unspecified atom stereocenters. The van der Waals surface area contributed by atoms with E-state index in [0.717, 1.165) is 12.2 Å². The Morgan fingerprint density at radius 2 is 1.56 bits per heavy atom. The van der Waals surface area contributed by atoms with Crippen molar-refractivity contribution in [1.82, 2.24) is 0 Å². The van der Waals surface area contributed by atoms with E-state index in [9.17, 15) is 9.59 Å². The molecule has 0 amide bonds. The molecule has 0 radical (unpaired) electrons. The molecule has 0 aliphatic rings. The topological polar surface area (TPSA) is 77.3 Å². The third-order valence-corrected chi connectivity index (χ3v) is 0.309. The summed E-state index contributed by atoms with van der Waals surface area (Å²) < 4.78 is 0. The molecule has 0 bridgehead atoms. The SMILES string of the molecule is O=C=NOCON=C=O. The average Bonchev–Trinajstić information content (AvgIpc) is 1.89. The molecule has 0 heterocycles. The molecule has 0 N–H and O–H groups in total. The molecule has 9 heavy (non-hydrogen) atoms. The van der Waals surface area contributed by atoms with Gasteiger partial charge in [-0.1, -0.05) is 0 Å². The summed E-state index contributed by atoms with van der Waals surface area (Å²) in [6.07, 6.45) is 2.15. The average molecular weight is 130 g/mol. The Balaban J connectivity index is 3.09. The molecule has 0 atom stereocenters. The highest BCUT2D eigenvalue weighted by atomic mass is 16.8. The molecular formula is C3H2N2O4. The highest BCUT2D eigenvalue weighted by Gasteiger charge is 1.76. The van der Waals surface area contributed by atoms with Crippen LogP contribution >= 0.6 is 0 Å². The lowest BCUT2D eigenvalue weighted by Gasteiger charge is -1.88. The van der Waals surface area contributed by atoms with Gasteiger partial charge in [0.05, 0.1) is 0 Å². The van der Waals surface area contributed by atoms with Crippen LogP contribution in [-0.2, 0) is 19.3 Å². The molecule has 0 saturated carbocycles. The second-order valence-corrected chi connectivity index (χ2v) is 0.741. The Hall–Kier alpha value is -1.64. The number of nitrogens with zero attached hydrogens (tertiary/aromatic N) is 2. The molecule has 48 valence electrons. The normalized spacial score (nSPS) is 6.22. The van der Waals surface area contributed by atoms with Crippen LogP contribution < -0.4 is 0 Å². The summed E-state index contributed by atoms with van der Waals surface area (Å²) in [5.41, 5.74) is 0. The molecule has 0 saturated heterocycles. The van der Waals surface area contributed by atoms with Gasteiger partial charge in [0.25, 0.3) is 19.0 Å². The summed E-state index contributed by atoms with van der Waals surface area (Å²) >= 11 is 0. The first-order valence-electron chi connectivity index (χ1n) is 1.80. The summed E-state index contributed by atoms with van der Waals surface area (Å²) in [5.74, 6) is 0. The first-order chi connectivity index (χ1) is 4.41. The van der Waals surface area contributed by atoms with Gasteiger partial charge in [-0.25, -0.2) is 9.59 Å². The highest BCUT2D eigenvalue weighted by Crippen LogP contribution is 1.75. The minimum Gasteiger partial charge on any atom is -0.341 e. The number of carbonyl (C=O) groups excluding carboxylic acids is 2. The van der Waals surface area contributed by atoms with E-state index in [1.807, 2.05) is 0 Å². The number of hydrogen-bond donors (Lipinski definition) is 0. The van der Waals surface area contributed by atoms with E-state index in [1.165, 1.54) is 0 Å². The number of isocyanates is 2. The molecule has 6 nitrogen and oxygen atoms in total. The summed E-state index contributed by atoms with van der Waals surface area (Å²) in [4.78, 5) is 26.5. The van der Waals surface area contributed by atoms with Crippen molar-refractivity contribution in [2.24, 2.45) is 10.3 Å². The predicted octanol–water partition coefficient (Wildman–Crippen LogP) is -0.521. The zero-order chi connectivity index (χ0) is 6.95. The second kappa shape index (κ2) is 6.36. The van der Waals surface area contributed by atoms with Crippen LogP contribution in [0.15, 0.2) is 10.3 Å². The van der Waals surface area contributed by atoms with Gasteiger partial charge in [0.15, 0.2) is 0 Å². The third-order valence-electron chi connectivity index (χ3n) is 0.309. The van der Waals surface area contributed by atoms with E-state index in [-0.39, 0.29) is 0 Å². The van der Waals surface area contributed by atoms with Gasteiger partial charge in [0.1, 0.15) is 0 Å². The Kier molecular flexibility index (Phi) is 5.20. The maximum Gasteiger partial charge on any atom is 0.282 e. The van der Waals surface area contributed by atoms with Crippen molar-refractivity contribution in [3.8, 4) is 0 Å². The van der Waals surface area contributed by atoms with Crippen molar-refractivity contribution in [1.29, 1.82) is 0 Å². The van der Waals surface area contributed by atoms with E-state index in [2.05, 4.69) is 20.0 Å². The lowest BCUT2D eigenvalue weighted by atomic mass is 11.5. The molecule has 0 spiro atoms. The Morgan fingerprint density at radius 3 is 1.89 bits per heavy atom. The molecule has 0 rings (SSSR count). The van der Waals surface area contributed by atoms with Gasteiger partial charge in [-0.15, -0.1) is 0 Å². The van der Waals surface area contributed by atoms with Crippen molar-refractivity contribution in [2.75, 3.05) is 6.79 Å². The molecule has 0 aromatic heterocycles. The van der Waals surface area contributed by atoms with Gasteiger partial charge in [-0.2, -0.15) is 0 Å². The molecule has 0 aromatic carbocycles. The van der Waals surface area contributed by atoms with Gasteiger partial charge in [0.2, 0.25) is 0 Å². The summed E-state index contributed by atoms with van der Waals surface area (Å²) in [5, 5.41) is 5.25. The smallest absolute Gasteiger partial charge is 0.282 e. The van der Waals surface area contributed by atoms with Crippen LogP contribution in [0.3, 0.4) is 0 Å². The fourth-order valence-corrected chi connectivity index (χ4v) is 0.129. The Bertz CT molecular complexity index is 137. The Morgan fingerprint density at radius 1 is 1.11 bits per heavy atom. The summed E-state index contributed by atoms with van der Waals surface area (Å²) in [6, 6.07) is 0. The third kappa shape index (κ3) is 6.36. The van der Waals surface area contributed by atoms with Crippen molar-refractivity contribution in [2.45, 2.75) is 0 Å². The monoisotopic (exact) mass is 130 g/mol. The van der Waals surface area contributed by atoms with E-state index in [4.69, 9.17) is 0 Å². The van der Waals surface area contributed by atoms with Crippen LogP contribution in [0, 0.1) is 0 Å². The quantitative estimate of drug-likeness (QED) is 0.168. The predicted molar refractivity (Wildman–Crippen MR) is 23.3 cm³/mol. The standard InChI is InChI=1S/C3H2N2O4/c6-1-4-8-3-9-5-2-7/h3H2. The van der Waals surface area contributed by atoms with Crippen LogP contribution in [0.25, 0.3) is 0 Å². The summed E-state index contributed by atoms with van der Waals surface area (Å²) in [7, 11) is 0. The van der Waals surface area contributed by atoms with E-state index in [0.29, 0.717) is 0 Å². The van der Waals surface area contributed by atoms with Crippen molar-refractivity contribution < 1.29 is 19.3 Å². The lowest BCUT2D eigenvalue weighted by Crippen LogP contribution is -1.87. The fourth-order valence-electron chi connectivity index (χ4n) is 0.129. The minimum absolute atomic E-state index is 0.398. The highest BCUT2D eigenvalue weighted by molar-refractivity contribution is 5.31. The maximum atomic E-state index is 9.26.